The van der Waals surface area contributed by atoms with E-state index in [0.29, 0.717) is 36.3 Å². The maximum Gasteiger partial charge on any atom is 0.260 e. The number of hydrogen-bond acceptors (Lipinski definition) is 5. The number of ether oxygens (including phenoxy) is 2. The summed E-state index contributed by atoms with van der Waals surface area (Å²) in [6.45, 7) is 2.15. The predicted octanol–water partition coefficient (Wildman–Crippen LogP) is 2.81. The first-order valence-electron chi connectivity index (χ1n) is 9.26. The SMILES string of the molecule is O=C(Nc1cn2cc(C3CCCOC3)nc2cn1)c1cccc2c1OCC2. The number of para-hydroxylation sites is 1. The number of carbonyl (C=O) groups is 1. The highest BCUT2D eigenvalue weighted by Crippen LogP contribution is 2.30. The molecule has 0 bridgehead atoms. The molecule has 1 atom stereocenters. The van der Waals surface area contributed by atoms with Crippen LogP contribution in [0, 0.1) is 0 Å². The van der Waals surface area contributed by atoms with E-state index in [1.54, 1.807) is 18.5 Å². The van der Waals surface area contributed by atoms with Gasteiger partial charge in [0.15, 0.2) is 5.65 Å². The van der Waals surface area contributed by atoms with E-state index in [4.69, 9.17) is 9.47 Å². The number of hydrogen-bond donors (Lipinski definition) is 1. The summed E-state index contributed by atoms with van der Waals surface area (Å²) in [4.78, 5) is 21.7. The summed E-state index contributed by atoms with van der Waals surface area (Å²) >= 11 is 0. The van der Waals surface area contributed by atoms with Crippen molar-refractivity contribution in [2.45, 2.75) is 25.2 Å². The van der Waals surface area contributed by atoms with Gasteiger partial charge in [0, 0.05) is 25.1 Å². The second-order valence-electron chi connectivity index (χ2n) is 6.96. The minimum absolute atomic E-state index is 0.221. The lowest BCUT2D eigenvalue weighted by molar-refractivity contribution is 0.0794. The second-order valence-corrected chi connectivity index (χ2v) is 6.96. The Morgan fingerprint density at radius 3 is 3.11 bits per heavy atom. The first-order chi connectivity index (χ1) is 13.3. The quantitative estimate of drug-likeness (QED) is 0.773. The lowest BCUT2D eigenvalue weighted by Crippen LogP contribution is -2.15. The number of anilines is 1. The van der Waals surface area contributed by atoms with E-state index in [9.17, 15) is 4.79 Å². The highest BCUT2D eigenvalue weighted by molar-refractivity contribution is 6.06. The smallest absolute Gasteiger partial charge is 0.260 e. The molecule has 1 amide bonds. The molecule has 4 heterocycles. The Labute approximate surface area is 156 Å². The minimum atomic E-state index is -0.221. The highest BCUT2D eigenvalue weighted by Gasteiger charge is 2.22. The summed E-state index contributed by atoms with van der Waals surface area (Å²) in [6.07, 6.45) is 8.44. The number of nitrogens with zero attached hydrogens (tertiary/aromatic N) is 3. The first-order valence-corrected chi connectivity index (χ1v) is 9.26. The fourth-order valence-electron chi connectivity index (χ4n) is 3.73. The number of aromatic nitrogens is 3. The van der Waals surface area contributed by atoms with Crippen LogP contribution < -0.4 is 10.1 Å². The minimum Gasteiger partial charge on any atom is -0.492 e. The van der Waals surface area contributed by atoms with Crippen molar-refractivity contribution in [3.63, 3.8) is 0 Å². The molecule has 1 fully saturated rings. The van der Waals surface area contributed by atoms with Gasteiger partial charge in [-0.1, -0.05) is 12.1 Å². The summed E-state index contributed by atoms with van der Waals surface area (Å²) in [5, 5.41) is 2.87. The lowest BCUT2D eigenvalue weighted by atomic mass is 9.99. The third-order valence-electron chi connectivity index (χ3n) is 5.14. The van der Waals surface area contributed by atoms with Crippen molar-refractivity contribution in [1.82, 2.24) is 14.4 Å². The van der Waals surface area contributed by atoms with Crippen molar-refractivity contribution in [3.05, 3.63) is 53.6 Å². The maximum atomic E-state index is 12.7. The molecule has 2 aliphatic rings. The van der Waals surface area contributed by atoms with Gasteiger partial charge >= 0.3 is 0 Å². The monoisotopic (exact) mass is 364 g/mol. The number of carbonyl (C=O) groups excluding carboxylic acids is 1. The molecule has 0 radical (unpaired) electrons. The van der Waals surface area contributed by atoms with Gasteiger partial charge in [0.2, 0.25) is 0 Å². The van der Waals surface area contributed by atoms with Crippen molar-refractivity contribution < 1.29 is 14.3 Å². The van der Waals surface area contributed by atoms with Crippen molar-refractivity contribution in [3.8, 4) is 5.75 Å². The van der Waals surface area contributed by atoms with Crippen LogP contribution in [0.25, 0.3) is 5.65 Å². The third-order valence-corrected chi connectivity index (χ3v) is 5.14. The zero-order chi connectivity index (χ0) is 18.2. The Bertz CT molecular complexity index is 1010. The van der Waals surface area contributed by atoms with Crippen LogP contribution in [0.3, 0.4) is 0 Å². The fourth-order valence-corrected chi connectivity index (χ4v) is 3.73. The van der Waals surface area contributed by atoms with Crippen LogP contribution in [-0.4, -0.2) is 40.1 Å². The molecule has 2 aliphatic heterocycles. The van der Waals surface area contributed by atoms with Crippen LogP contribution in [0.2, 0.25) is 0 Å². The number of rotatable bonds is 3. The van der Waals surface area contributed by atoms with Gasteiger partial charge in [-0.3, -0.25) is 4.79 Å². The third kappa shape index (κ3) is 3.04. The maximum absolute atomic E-state index is 12.7. The molecule has 0 aliphatic carbocycles. The summed E-state index contributed by atoms with van der Waals surface area (Å²) in [7, 11) is 0. The lowest BCUT2D eigenvalue weighted by Gasteiger charge is -2.19. The molecule has 0 spiro atoms. The molecule has 5 rings (SSSR count). The van der Waals surface area contributed by atoms with Gasteiger partial charge in [-0.15, -0.1) is 0 Å². The second kappa shape index (κ2) is 6.66. The Morgan fingerprint density at radius 2 is 2.22 bits per heavy atom. The largest absolute Gasteiger partial charge is 0.492 e. The number of amides is 1. The molecule has 1 unspecified atom stereocenters. The van der Waals surface area contributed by atoms with Crippen molar-refractivity contribution in [1.29, 1.82) is 0 Å². The van der Waals surface area contributed by atoms with Crippen molar-refractivity contribution in [2.75, 3.05) is 25.1 Å². The molecule has 7 nitrogen and oxygen atoms in total. The first kappa shape index (κ1) is 16.3. The molecule has 138 valence electrons. The molecular weight excluding hydrogens is 344 g/mol. The number of fused-ring (bicyclic) bond motifs is 2. The van der Waals surface area contributed by atoms with Crippen LogP contribution in [0.15, 0.2) is 36.8 Å². The van der Waals surface area contributed by atoms with Crippen molar-refractivity contribution in [2.24, 2.45) is 0 Å². The molecule has 1 saturated heterocycles. The summed E-state index contributed by atoms with van der Waals surface area (Å²) < 4.78 is 13.1. The van der Waals surface area contributed by atoms with Crippen molar-refractivity contribution >= 4 is 17.4 Å². The molecule has 1 N–H and O–H groups in total. The molecule has 7 heteroatoms. The average molecular weight is 364 g/mol. The fraction of sp³-hybridized carbons (Fsp3) is 0.350. The topological polar surface area (TPSA) is 77.8 Å². The normalized spacial score (nSPS) is 18.9. The molecule has 0 saturated carbocycles. The molecular formula is C20H20N4O3. The van der Waals surface area contributed by atoms with Gasteiger partial charge < -0.3 is 19.2 Å². The standard InChI is InChI=1S/C20H20N4O3/c25-20(15-5-1-3-13-6-8-27-19(13)15)23-17-11-24-10-16(22-18(24)9-21-17)14-4-2-7-26-12-14/h1,3,5,9-11,14H,2,4,6-8,12H2,(H,23,25). The Morgan fingerprint density at radius 1 is 1.26 bits per heavy atom. The summed E-state index contributed by atoms with van der Waals surface area (Å²) in [5.41, 5.74) is 3.38. The zero-order valence-corrected chi connectivity index (χ0v) is 14.9. The molecule has 3 aromatic rings. The number of benzene rings is 1. The zero-order valence-electron chi connectivity index (χ0n) is 14.9. The van der Waals surface area contributed by atoms with E-state index in [2.05, 4.69) is 15.3 Å². The van der Waals surface area contributed by atoms with E-state index in [0.717, 1.165) is 42.8 Å². The van der Waals surface area contributed by atoms with E-state index in [1.165, 1.54) is 0 Å². The van der Waals surface area contributed by atoms with Crippen LogP contribution in [0.5, 0.6) is 5.75 Å². The highest BCUT2D eigenvalue weighted by atomic mass is 16.5. The summed E-state index contributed by atoms with van der Waals surface area (Å²) in [6, 6.07) is 5.65. The van der Waals surface area contributed by atoms with Gasteiger partial charge in [0.1, 0.15) is 11.6 Å². The molecule has 2 aromatic heterocycles. The number of nitrogens with one attached hydrogen (secondary N) is 1. The van der Waals surface area contributed by atoms with Crippen LogP contribution in [-0.2, 0) is 11.2 Å². The van der Waals surface area contributed by atoms with Gasteiger partial charge in [-0.25, -0.2) is 9.97 Å². The molecule has 1 aromatic carbocycles. The van der Waals surface area contributed by atoms with E-state index >= 15 is 0 Å². The predicted molar refractivity (Wildman–Crippen MR) is 99.4 cm³/mol. The van der Waals surface area contributed by atoms with Crippen LogP contribution in [0.1, 0.15) is 40.4 Å². The van der Waals surface area contributed by atoms with Crippen LogP contribution >= 0.6 is 0 Å². The van der Waals surface area contributed by atoms with E-state index in [1.807, 2.05) is 22.7 Å². The molecule has 27 heavy (non-hydrogen) atoms. The van der Waals surface area contributed by atoms with Gasteiger partial charge in [0.05, 0.1) is 36.9 Å². The van der Waals surface area contributed by atoms with Crippen LogP contribution in [0.4, 0.5) is 5.82 Å². The number of imidazole rings is 1. The van der Waals surface area contributed by atoms with Gasteiger partial charge in [0.25, 0.3) is 5.91 Å². The van der Waals surface area contributed by atoms with Gasteiger partial charge in [-0.05, 0) is 24.5 Å². The Hall–Kier alpha value is -2.93. The van der Waals surface area contributed by atoms with E-state index < -0.39 is 0 Å². The Kier molecular flexibility index (Phi) is 4.01. The van der Waals surface area contributed by atoms with Gasteiger partial charge in [-0.2, -0.15) is 0 Å². The average Bonchev–Trinajstić information content (AvgIpc) is 3.34. The van der Waals surface area contributed by atoms with E-state index in [-0.39, 0.29) is 5.91 Å². The summed E-state index contributed by atoms with van der Waals surface area (Å²) in [5.74, 6) is 1.26. The Balaban J connectivity index is 1.39.